The van der Waals surface area contributed by atoms with Crippen molar-refractivity contribution in [1.29, 1.82) is 0 Å². The SMILES string of the molecule is CC(C)COc1ccc(S(=O)(=O)N2CC(CN)CC2C)cc1.Cl. The van der Waals surface area contributed by atoms with Crippen LogP contribution in [0.25, 0.3) is 0 Å². The smallest absolute Gasteiger partial charge is 0.243 e. The second-order valence-corrected chi connectivity index (χ2v) is 8.33. The number of ether oxygens (including phenoxy) is 1. The van der Waals surface area contributed by atoms with E-state index in [9.17, 15) is 8.42 Å². The summed E-state index contributed by atoms with van der Waals surface area (Å²) in [6.07, 6.45) is 0.825. The molecule has 5 nitrogen and oxygen atoms in total. The van der Waals surface area contributed by atoms with Gasteiger partial charge in [0.25, 0.3) is 0 Å². The molecule has 132 valence electrons. The van der Waals surface area contributed by atoms with Gasteiger partial charge in [-0.05, 0) is 56.0 Å². The monoisotopic (exact) mass is 362 g/mol. The summed E-state index contributed by atoms with van der Waals surface area (Å²) in [4.78, 5) is 0.314. The summed E-state index contributed by atoms with van der Waals surface area (Å²) in [5.74, 6) is 1.38. The second-order valence-electron chi connectivity index (χ2n) is 6.44. The number of rotatable bonds is 6. The van der Waals surface area contributed by atoms with Gasteiger partial charge in [0.2, 0.25) is 10.0 Å². The molecule has 1 aromatic carbocycles. The number of sulfonamides is 1. The van der Waals surface area contributed by atoms with Gasteiger partial charge < -0.3 is 10.5 Å². The third kappa shape index (κ3) is 4.83. The second kappa shape index (κ2) is 8.33. The summed E-state index contributed by atoms with van der Waals surface area (Å²) < 4.78 is 32.6. The highest BCUT2D eigenvalue weighted by molar-refractivity contribution is 7.89. The highest BCUT2D eigenvalue weighted by Gasteiger charge is 2.37. The Bertz CT molecular complexity index is 590. The molecule has 0 radical (unpaired) electrons. The van der Waals surface area contributed by atoms with Gasteiger partial charge in [-0.2, -0.15) is 4.31 Å². The van der Waals surface area contributed by atoms with Crippen LogP contribution in [-0.2, 0) is 10.0 Å². The third-order valence-electron chi connectivity index (χ3n) is 3.95. The lowest BCUT2D eigenvalue weighted by Gasteiger charge is -2.21. The average molecular weight is 363 g/mol. The number of hydrogen-bond donors (Lipinski definition) is 1. The normalized spacial score (nSPS) is 22.1. The van der Waals surface area contributed by atoms with Gasteiger partial charge in [-0.25, -0.2) is 8.42 Å². The predicted octanol–water partition coefficient (Wildman–Crippen LogP) is 2.50. The van der Waals surface area contributed by atoms with Gasteiger partial charge in [-0.15, -0.1) is 12.4 Å². The van der Waals surface area contributed by atoms with E-state index in [1.54, 1.807) is 28.6 Å². The molecule has 1 aromatic rings. The number of nitrogens with two attached hydrogens (primary N) is 1. The molecule has 0 amide bonds. The number of halogens is 1. The van der Waals surface area contributed by atoms with E-state index in [1.807, 2.05) is 6.92 Å². The van der Waals surface area contributed by atoms with Crippen molar-refractivity contribution in [3.63, 3.8) is 0 Å². The topological polar surface area (TPSA) is 72.6 Å². The zero-order valence-electron chi connectivity index (χ0n) is 13.9. The lowest BCUT2D eigenvalue weighted by atomic mass is 10.1. The van der Waals surface area contributed by atoms with Gasteiger partial charge in [-0.3, -0.25) is 0 Å². The molecule has 2 N–H and O–H groups in total. The van der Waals surface area contributed by atoms with Crippen LogP contribution in [0.3, 0.4) is 0 Å². The molecule has 1 heterocycles. The predicted molar refractivity (Wildman–Crippen MR) is 94.5 cm³/mol. The fourth-order valence-electron chi connectivity index (χ4n) is 2.72. The van der Waals surface area contributed by atoms with Crippen molar-refractivity contribution in [3.05, 3.63) is 24.3 Å². The van der Waals surface area contributed by atoms with E-state index in [4.69, 9.17) is 10.5 Å². The molecule has 7 heteroatoms. The van der Waals surface area contributed by atoms with E-state index < -0.39 is 10.0 Å². The van der Waals surface area contributed by atoms with Crippen molar-refractivity contribution >= 4 is 22.4 Å². The van der Waals surface area contributed by atoms with Crippen LogP contribution in [0.4, 0.5) is 0 Å². The van der Waals surface area contributed by atoms with Crippen LogP contribution in [0.1, 0.15) is 27.2 Å². The van der Waals surface area contributed by atoms with Crippen molar-refractivity contribution in [1.82, 2.24) is 4.31 Å². The molecule has 2 atom stereocenters. The average Bonchev–Trinajstić information content (AvgIpc) is 2.87. The summed E-state index contributed by atoms with van der Waals surface area (Å²) in [5, 5.41) is 0. The molecule has 0 saturated carbocycles. The lowest BCUT2D eigenvalue weighted by Crippen LogP contribution is -2.34. The van der Waals surface area contributed by atoms with Crippen LogP contribution in [-0.4, -0.2) is 38.5 Å². The molecule has 23 heavy (non-hydrogen) atoms. The summed E-state index contributed by atoms with van der Waals surface area (Å²) in [7, 11) is -3.46. The first-order valence-corrected chi connectivity index (χ1v) is 9.23. The quantitative estimate of drug-likeness (QED) is 0.843. The zero-order valence-corrected chi connectivity index (χ0v) is 15.6. The number of nitrogens with zero attached hydrogens (tertiary/aromatic N) is 1. The first-order chi connectivity index (χ1) is 10.3. The summed E-state index contributed by atoms with van der Waals surface area (Å²) in [6, 6.07) is 6.67. The number of hydrogen-bond acceptors (Lipinski definition) is 4. The van der Waals surface area contributed by atoms with Crippen molar-refractivity contribution in [2.24, 2.45) is 17.6 Å². The Morgan fingerprint density at radius 3 is 2.39 bits per heavy atom. The lowest BCUT2D eigenvalue weighted by molar-refractivity contribution is 0.271. The molecule has 0 aromatic heterocycles. The summed E-state index contributed by atoms with van der Waals surface area (Å²) in [5.41, 5.74) is 5.68. The third-order valence-corrected chi connectivity index (χ3v) is 5.95. The molecular weight excluding hydrogens is 336 g/mol. The first kappa shape index (κ1) is 20.2. The molecule has 2 rings (SSSR count). The molecule has 1 aliphatic rings. The number of benzene rings is 1. The van der Waals surface area contributed by atoms with Crippen molar-refractivity contribution in [2.45, 2.75) is 38.1 Å². The Balaban J connectivity index is 0.00000264. The van der Waals surface area contributed by atoms with Crippen LogP contribution in [0.15, 0.2) is 29.2 Å². The van der Waals surface area contributed by atoms with Crippen LogP contribution >= 0.6 is 12.4 Å². The minimum atomic E-state index is -3.46. The van der Waals surface area contributed by atoms with Gasteiger partial charge in [0.05, 0.1) is 11.5 Å². The van der Waals surface area contributed by atoms with Crippen molar-refractivity contribution in [3.8, 4) is 5.75 Å². The summed E-state index contributed by atoms with van der Waals surface area (Å²) in [6.45, 7) is 7.73. The molecule has 1 aliphatic heterocycles. The van der Waals surface area contributed by atoms with Crippen molar-refractivity contribution < 1.29 is 13.2 Å². The maximum atomic E-state index is 12.7. The highest BCUT2D eigenvalue weighted by Crippen LogP contribution is 2.29. The van der Waals surface area contributed by atoms with Gasteiger partial charge in [0.15, 0.2) is 0 Å². The van der Waals surface area contributed by atoms with Crippen LogP contribution in [0.2, 0.25) is 0 Å². The molecule has 0 bridgehead atoms. The largest absolute Gasteiger partial charge is 0.493 e. The zero-order chi connectivity index (χ0) is 16.3. The molecular formula is C16H27ClN2O3S. The molecule has 1 saturated heterocycles. The fraction of sp³-hybridized carbons (Fsp3) is 0.625. The Kier molecular flexibility index (Phi) is 7.32. The summed E-state index contributed by atoms with van der Waals surface area (Å²) >= 11 is 0. The molecule has 0 spiro atoms. The Labute approximate surface area is 145 Å². The maximum absolute atomic E-state index is 12.7. The van der Waals surface area contributed by atoms with Crippen LogP contribution < -0.4 is 10.5 Å². The van der Waals surface area contributed by atoms with Gasteiger partial charge in [0, 0.05) is 12.6 Å². The Morgan fingerprint density at radius 1 is 1.30 bits per heavy atom. The molecule has 2 unspecified atom stereocenters. The van der Waals surface area contributed by atoms with Gasteiger partial charge in [-0.1, -0.05) is 13.8 Å². The van der Waals surface area contributed by atoms with E-state index in [0.717, 1.165) is 6.42 Å². The van der Waals surface area contributed by atoms with Gasteiger partial charge in [0.1, 0.15) is 5.75 Å². The fourth-order valence-corrected chi connectivity index (χ4v) is 4.44. The van der Waals surface area contributed by atoms with Crippen molar-refractivity contribution in [2.75, 3.05) is 19.7 Å². The Hall–Kier alpha value is -0.820. The van der Waals surface area contributed by atoms with E-state index in [1.165, 1.54) is 0 Å². The van der Waals surface area contributed by atoms with Crippen LogP contribution in [0, 0.1) is 11.8 Å². The molecule has 1 fully saturated rings. The first-order valence-electron chi connectivity index (χ1n) is 7.79. The Morgan fingerprint density at radius 2 is 1.91 bits per heavy atom. The minimum Gasteiger partial charge on any atom is -0.493 e. The highest BCUT2D eigenvalue weighted by atomic mass is 35.5. The standard InChI is InChI=1S/C16H26N2O3S.ClH/c1-12(2)11-21-15-4-6-16(7-5-15)22(19,20)18-10-14(9-17)8-13(18)3;/h4-7,12-14H,8-11,17H2,1-3H3;1H. The maximum Gasteiger partial charge on any atom is 0.243 e. The van der Waals surface area contributed by atoms with E-state index in [-0.39, 0.29) is 24.4 Å². The van der Waals surface area contributed by atoms with Gasteiger partial charge >= 0.3 is 0 Å². The van der Waals surface area contributed by atoms with Crippen LogP contribution in [0.5, 0.6) is 5.75 Å². The van der Waals surface area contributed by atoms with E-state index >= 15 is 0 Å². The van der Waals surface area contributed by atoms with E-state index in [2.05, 4.69) is 13.8 Å². The molecule has 0 aliphatic carbocycles. The van der Waals surface area contributed by atoms with E-state index in [0.29, 0.717) is 36.3 Å². The minimum absolute atomic E-state index is 0.